The molecule has 0 aliphatic heterocycles. The second kappa shape index (κ2) is 8.97. The molecular weight excluding hydrogens is 274 g/mol. The minimum atomic E-state index is -0.744. The van der Waals surface area contributed by atoms with Crippen LogP contribution in [0.15, 0.2) is 30.3 Å². The lowest BCUT2D eigenvalue weighted by atomic mass is 10.2. The monoisotopic (exact) mass is 295 g/mol. The number of carbonyl (C=O) groups excluding carboxylic acids is 2. The van der Waals surface area contributed by atoms with E-state index in [1.165, 1.54) is 11.9 Å². The van der Waals surface area contributed by atoms with E-state index in [2.05, 4.69) is 0 Å². The SMILES string of the molecule is C[C@@H](C(=O)OCCCO)N(C)C(=O)OCc1ccccc1. The Morgan fingerprint density at radius 1 is 1.24 bits per heavy atom. The molecule has 1 amide bonds. The summed E-state index contributed by atoms with van der Waals surface area (Å²) in [5, 5.41) is 8.62. The molecule has 0 unspecified atom stereocenters. The van der Waals surface area contributed by atoms with Gasteiger partial charge in [0.1, 0.15) is 12.6 Å². The van der Waals surface area contributed by atoms with Crippen molar-refractivity contribution in [1.82, 2.24) is 4.90 Å². The average Bonchev–Trinajstić information content (AvgIpc) is 2.52. The number of ether oxygens (including phenoxy) is 2. The fraction of sp³-hybridized carbons (Fsp3) is 0.467. The number of esters is 1. The van der Waals surface area contributed by atoms with Crippen LogP contribution in [-0.4, -0.2) is 48.4 Å². The van der Waals surface area contributed by atoms with Crippen molar-refractivity contribution in [2.24, 2.45) is 0 Å². The van der Waals surface area contributed by atoms with Crippen LogP contribution in [0.1, 0.15) is 18.9 Å². The summed E-state index contributed by atoms with van der Waals surface area (Å²) in [7, 11) is 1.48. The molecule has 0 bridgehead atoms. The van der Waals surface area contributed by atoms with Crippen molar-refractivity contribution in [2.75, 3.05) is 20.3 Å². The molecule has 1 aromatic rings. The highest BCUT2D eigenvalue weighted by atomic mass is 16.6. The Labute approximate surface area is 124 Å². The van der Waals surface area contributed by atoms with Gasteiger partial charge in [-0.3, -0.25) is 4.90 Å². The average molecular weight is 295 g/mol. The van der Waals surface area contributed by atoms with Crippen LogP contribution in [0, 0.1) is 0 Å². The summed E-state index contributed by atoms with van der Waals surface area (Å²) in [6.07, 6.45) is -0.217. The van der Waals surface area contributed by atoms with Gasteiger partial charge in [-0.15, -0.1) is 0 Å². The number of benzene rings is 1. The van der Waals surface area contributed by atoms with Gasteiger partial charge in [-0.05, 0) is 12.5 Å². The van der Waals surface area contributed by atoms with Crippen LogP contribution in [0.25, 0.3) is 0 Å². The molecule has 1 N–H and O–H groups in total. The van der Waals surface area contributed by atoms with E-state index >= 15 is 0 Å². The second-order valence-corrected chi connectivity index (χ2v) is 4.57. The molecule has 6 heteroatoms. The zero-order chi connectivity index (χ0) is 15.7. The Kier molecular flexibility index (Phi) is 7.25. The maximum Gasteiger partial charge on any atom is 0.410 e. The number of carbonyl (C=O) groups is 2. The van der Waals surface area contributed by atoms with E-state index in [0.29, 0.717) is 6.42 Å². The predicted molar refractivity (Wildman–Crippen MR) is 76.5 cm³/mol. The largest absolute Gasteiger partial charge is 0.464 e. The van der Waals surface area contributed by atoms with Crippen molar-refractivity contribution in [2.45, 2.75) is 26.0 Å². The normalized spacial score (nSPS) is 11.6. The first kappa shape index (κ1) is 17.0. The molecular formula is C15H21NO5. The third-order valence-electron chi connectivity index (χ3n) is 2.96. The van der Waals surface area contributed by atoms with Gasteiger partial charge in [0.25, 0.3) is 0 Å². The molecule has 0 heterocycles. The first-order valence-corrected chi connectivity index (χ1v) is 6.77. The van der Waals surface area contributed by atoms with Gasteiger partial charge in [-0.2, -0.15) is 0 Å². The maximum absolute atomic E-state index is 11.8. The molecule has 0 radical (unpaired) electrons. The van der Waals surface area contributed by atoms with Gasteiger partial charge in [-0.1, -0.05) is 30.3 Å². The molecule has 0 fully saturated rings. The third kappa shape index (κ3) is 5.83. The lowest BCUT2D eigenvalue weighted by Crippen LogP contribution is -2.41. The van der Waals surface area contributed by atoms with Crippen molar-refractivity contribution in [1.29, 1.82) is 0 Å². The smallest absolute Gasteiger partial charge is 0.410 e. The molecule has 0 aromatic heterocycles. The summed E-state index contributed by atoms with van der Waals surface area (Å²) in [6, 6.07) is 8.54. The highest BCUT2D eigenvalue weighted by Crippen LogP contribution is 2.06. The summed E-state index contributed by atoms with van der Waals surface area (Å²) in [5.41, 5.74) is 0.873. The molecule has 0 saturated carbocycles. The number of amides is 1. The van der Waals surface area contributed by atoms with Crippen LogP contribution in [0.4, 0.5) is 4.79 Å². The minimum Gasteiger partial charge on any atom is -0.464 e. The van der Waals surface area contributed by atoms with Crippen LogP contribution >= 0.6 is 0 Å². The highest BCUT2D eigenvalue weighted by Gasteiger charge is 2.24. The molecule has 1 aromatic carbocycles. The number of likely N-dealkylation sites (N-methyl/N-ethyl adjacent to an activating group) is 1. The summed E-state index contributed by atoms with van der Waals surface area (Å²) in [6.45, 7) is 1.80. The standard InChI is InChI=1S/C15H21NO5/c1-12(14(18)20-10-6-9-17)16(2)15(19)21-11-13-7-4-3-5-8-13/h3-5,7-8,12,17H,6,9-11H2,1-2H3/t12-/m0/s1. The van der Waals surface area contributed by atoms with Gasteiger partial charge in [0.05, 0.1) is 6.61 Å². The number of rotatable bonds is 7. The molecule has 0 aliphatic rings. The van der Waals surface area contributed by atoms with Gasteiger partial charge in [0, 0.05) is 20.1 Å². The van der Waals surface area contributed by atoms with Gasteiger partial charge in [0.15, 0.2) is 0 Å². The number of nitrogens with zero attached hydrogens (tertiary/aromatic N) is 1. The van der Waals surface area contributed by atoms with E-state index in [1.807, 2.05) is 30.3 Å². The lowest BCUT2D eigenvalue weighted by Gasteiger charge is -2.22. The summed E-state index contributed by atoms with van der Waals surface area (Å²) >= 11 is 0. The number of hydrogen-bond acceptors (Lipinski definition) is 5. The van der Waals surface area contributed by atoms with Crippen LogP contribution in [-0.2, 0) is 20.9 Å². The molecule has 116 valence electrons. The Bertz CT molecular complexity index is 449. The fourth-order valence-electron chi connectivity index (χ4n) is 1.50. The second-order valence-electron chi connectivity index (χ2n) is 4.57. The Balaban J connectivity index is 2.40. The zero-order valence-electron chi connectivity index (χ0n) is 12.3. The molecule has 21 heavy (non-hydrogen) atoms. The lowest BCUT2D eigenvalue weighted by molar-refractivity contribution is -0.148. The van der Waals surface area contributed by atoms with Crippen LogP contribution < -0.4 is 0 Å². The van der Waals surface area contributed by atoms with E-state index in [9.17, 15) is 9.59 Å². The maximum atomic E-state index is 11.8. The van der Waals surface area contributed by atoms with E-state index < -0.39 is 18.1 Å². The molecule has 1 atom stereocenters. The Hall–Kier alpha value is -2.08. The number of aliphatic hydroxyl groups excluding tert-OH is 1. The topological polar surface area (TPSA) is 76.1 Å². The first-order valence-electron chi connectivity index (χ1n) is 6.77. The minimum absolute atomic E-state index is 0.0450. The van der Waals surface area contributed by atoms with Crippen molar-refractivity contribution < 1.29 is 24.2 Å². The van der Waals surface area contributed by atoms with Crippen molar-refractivity contribution in [3.63, 3.8) is 0 Å². The Morgan fingerprint density at radius 2 is 1.90 bits per heavy atom. The van der Waals surface area contributed by atoms with E-state index in [1.54, 1.807) is 6.92 Å². The van der Waals surface area contributed by atoms with Crippen molar-refractivity contribution in [3.05, 3.63) is 35.9 Å². The molecule has 0 spiro atoms. The van der Waals surface area contributed by atoms with Crippen LogP contribution in [0.5, 0.6) is 0 Å². The Morgan fingerprint density at radius 3 is 2.52 bits per heavy atom. The van der Waals surface area contributed by atoms with Gasteiger partial charge in [0.2, 0.25) is 0 Å². The van der Waals surface area contributed by atoms with Crippen LogP contribution in [0.2, 0.25) is 0 Å². The predicted octanol–water partition coefficient (Wildman–Crippen LogP) is 1.57. The third-order valence-corrected chi connectivity index (χ3v) is 2.96. The van der Waals surface area contributed by atoms with E-state index in [-0.39, 0.29) is 19.8 Å². The first-order chi connectivity index (χ1) is 10.1. The fourth-order valence-corrected chi connectivity index (χ4v) is 1.50. The quantitative estimate of drug-likeness (QED) is 0.610. The summed E-state index contributed by atoms with van der Waals surface area (Å²) in [5.74, 6) is -0.525. The van der Waals surface area contributed by atoms with Crippen molar-refractivity contribution >= 4 is 12.1 Å². The number of aliphatic hydroxyl groups is 1. The molecule has 0 saturated heterocycles. The van der Waals surface area contributed by atoms with Gasteiger partial charge >= 0.3 is 12.1 Å². The highest BCUT2D eigenvalue weighted by molar-refractivity contribution is 5.80. The molecule has 0 aliphatic carbocycles. The van der Waals surface area contributed by atoms with Crippen LogP contribution in [0.3, 0.4) is 0 Å². The zero-order valence-corrected chi connectivity index (χ0v) is 12.3. The summed E-state index contributed by atoms with van der Waals surface area (Å²) in [4.78, 5) is 24.7. The van der Waals surface area contributed by atoms with E-state index in [4.69, 9.17) is 14.6 Å². The molecule has 6 nitrogen and oxygen atoms in total. The van der Waals surface area contributed by atoms with Gasteiger partial charge < -0.3 is 14.6 Å². The van der Waals surface area contributed by atoms with E-state index in [0.717, 1.165) is 5.56 Å². The summed E-state index contributed by atoms with van der Waals surface area (Å²) < 4.78 is 10.1. The van der Waals surface area contributed by atoms with Gasteiger partial charge in [-0.25, -0.2) is 9.59 Å². The van der Waals surface area contributed by atoms with Crippen molar-refractivity contribution in [3.8, 4) is 0 Å². The molecule has 1 rings (SSSR count). The number of hydrogen-bond donors (Lipinski definition) is 1.